The van der Waals surface area contributed by atoms with Gasteiger partial charge in [-0.05, 0) is 39.2 Å². The van der Waals surface area contributed by atoms with Crippen LogP contribution in [0.5, 0.6) is 0 Å². The van der Waals surface area contributed by atoms with Crippen molar-refractivity contribution in [2.24, 2.45) is 11.7 Å². The zero-order valence-electron chi connectivity index (χ0n) is 12.8. The molecule has 4 atom stereocenters. The van der Waals surface area contributed by atoms with Gasteiger partial charge in [-0.1, -0.05) is 19.3 Å². The molecule has 4 unspecified atom stereocenters. The Bertz CT molecular complexity index is 360. The molecular weight excluding hydrogens is 250 g/mol. The Kier molecular flexibility index (Phi) is 4.32. The number of nitrogens with two attached hydrogens (primary N) is 1. The first-order chi connectivity index (χ1) is 9.66. The molecule has 0 aromatic heterocycles. The first-order valence-corrected chi connectivity index (χ1v) is 8.47. The Morgan fingerprint density at radius 2 is 1.85 bits per heavy atom. The summed E-state index contributed by atoms with van der Waals surface area (Å²) in [6, 6.07) is 1.04. The predicted octanol–water partition coefficient (Wildman–Crippen LogP) is 1.59. The fraction of sp³-hybridized carbons (Fsp3) is 0.938. The quantitative estimate of drug-likeness (QED) is 0.742. The van der Waals surface area contributed by atoms with E-state index in [-0.39, 0.29) is 12.0 Å². The van der Waals surface area contributed by atoms with Crippen LogP contribution in [0.1, 0.15) is 51.9 Å². The van der Waals surface area contributed by atoms with Gasteiger partial charge in [0.25, 0.3) is 0 Å². The van der Waals surface area contributed by atoms with Crippen molar-refractivity contribution < 1.29 is 4.79 Å². The standard InChI is InChI=1S/C16H29N3O/c1-12-10-18-9-5-6-13(18)11-19(12)16(20)14-7-3-2-4-8-15(14)17/h12-15H,2-11,17H2,1H3. The van der Waals surface area contributed by atoms with E-state index >= 15 is 0 Å². The fourth-order valence-electron chi connectivity index (χ4n) is 4.35. The molecule has 4 nitrogen and oxygen atoms in total. The molecule has 3 fully saturated rings. The molecule has 1 saturated carbocycles. The number of nitrogens with zero attached hydrogens (tertiary/aromatic N) is 2. The molecule has 2 saturated heterocycles. The molecule has 4 heteroatoms. The third-order valence-corrected chi connectivity index (χ3v) is 5.61. The highest BCUT2D eigenvalue weighted by molar-refractivity contribution is 5.80. The van der Waals surface area contributed by atoms with E-state index in [9.17, 15) is 4.79 Å². The summed E-state index contributed by atoms with van der Waals surface area (Å²) in [4.78, 5) is 17.7. The Labute approximate surface area is 122 Å². The highest BCUT2D eigenvalue weighted by Gasteiger charge is 2.39. The van der Waals surface area contributed by atoms with Crippen LogP contribution in [0, 0.1) is 5.92 Å². The lowest BCUT2D eigenvalue weighted by molar-refractivity contribution is -0.142. The van der Waals surface area contributed by atoms with Crippen molar-refractivity contribution in [2.75, 3.05) is 19.6 Å². The minimum atomic E-state index is 0.0768. The Hall–Kier alpha value is -0.610. The number of amides is 1. The van der Waals surface area contributed by atoms with Gasteiger partial charge in [-0.25, -0.2) is 0 Å². The van der Waals surface area contributed by atoms with E-state index in [0.29, 0.717) is 18.0 Å². The Balaban J connectivity index is 1.68. The van der Waals surface area contributed by atoms with Crippen LogP contribution in [-0.2, 0) is 4.79 Å². The van der Waals surface area contributed by atoms with E-state index in [2.05, 4.69) is 16.7 Å². The second kappa shape index (κ2) is 6.02. The lowest BCUT2D eigenvalue weighted by atomic mass is 9.92. The minimum absolute atomic E-state index is 0.0768. The molecule has 0 aromatic carbocycles. The van der Waals surface area contributed by atoms with Gasteiger partial charge >= 0.3 is 0 Å². The molecule has 2 aliphatic heterocycles. The van der Waals surface area contributed by atoms with Gasteiger partial charge in [0.2, 0.25) is 5.91 Å². The Morgan fingerprint density at radius 1 is 1.05 bits per heavy atom. The molecule has 0 bridgehead atoms. The van der Waals surface area contributed by atoms with E-state index in [0.717, 1.165) is 25.9 Å². The summed E-state index contributed by atoms with van der Waals surface area (Å²) in [5, 5.41) is 0. The van der Waals surface area contributed by atoms with Gasteiger partial charge in [-0.2, -0.15) is 0 Å². The van der Waals surface area contributed by atoms with Crippen LogP contribution >= 0.6 is 0 Å². The summed E-state index contributed by atoms with van der Waals surface area (Å²) in [5.74, 6) is 0.423. The fourth-order valence-corrected chi connectivity index (χ4v) is 4.35. The third kappa shape index (κ3) is 2.73. The van der Waals surface area contributed by atoms with Crippen molar-refractivity contribution in [1.82, 2.24) is 9.80 Å². The van der Waals surface area contributed by atoms with Crippen LogP contribution in [0.15, 0.2) is 0 Å². The first kappa shape index (κ1) is 14.3. The van der Waals surface area contributed by atoms with Crippen LogP contribution in [-0.4, -0.2) is 53.5 Å². The van der Waals surface area contributed by atoms with Crippen LogP contribution in [0.25, 0.3) is 0 Å². The average Bonchev–Trinajstić information content (AvgIpc) is 2.77. The molecule has 3 rings (SSSR count). The summed E-state index contributed by atoms with van der Waals surface area (Å²) >= 11 is 0. The lowest BCUT2D eigenvalue weighted by Crippen LogP contribution is -2.59. The number of carbonyl (C=O) groups is 1. The largest absolute Gasteiger partial charge is 0.337 e. The van der Waals surface area contributed by atoms with Crippen molar-refractivity contribution in [1.29, 1.82) is 0 Å². The molecule has 0 aromatic rings. The van der Waals surface area contributed by atoms with Crippen molar-refractivity contribution >= 4 is 5.91 Å². The van der Waals surface area contributed by atoms with Crippen molar-refractivity contribution in [2.45, 2.75) is 70.0 Å². The van der Waals surface area contributed by atoms with Crippen LogP contribution < -0.4 is 5.73 Å². The Morgan fingerprint density at radius 3 is 2.70 bits per heavy atom. The summed E-state index contributed by atoms with van der Waals surface area (Å²) < 4.78 is 0. The smallest absolute Gasteiger partial charge is 0.227 e. The molecule has 0 radical (unpaired) electrons. The van der Waals surface area contributed by atoms with Gasteiger partial charge in [-0.15, -0.1) is 0 Å². The molecular formula is C16H29N3O. The number of hydrogen-bond acceptors (Lipinski definition) is 3. The number of hydrogen-bond donors (Lipinski definition) is 1. The number of rotatable bonds is 1. The number of piperazine rings is 1. The van der Waals surface area contributed by atoms with Gasteiger partial charge in [0.15, 0.2) is 0 Å². The van der Waals surface area contributed by atoms with Crippen LogP contribution in [0.2, 0.25) is 0 Å². The second-order valence-corrected chi connectivity index (χ2v) is 7.04. The normalized spacial score (nSPS) is 39.4. The van der Waals surface area contributed by atoms with E-state index in [1.54, 1.807) is 0 Å². The van der Waals surface area contributed by atoms with Gasteiger partial charge in [0.1, 0.15) is 0 Å². The molecule has 114 valence electrons. The van der Waals surface area contributed by atoms with E-state index in [1.807, 2.05) is 0 Å². The third-order valence-electron chi connectivity index (χ3n) is 5.61. The number of carbonyl (C=O) groups excluding carboxylic acids is 1. The summed E-state index contributed by atoms with van der Waals surface area (Å²) in [6.07, 6.45) is 8.17. The molecule has 1 aliphatic carbocycles. The maximum absolute atomic E-state index is 12.9. The molecule has 0 spiro atoms. The zero-order valence-corrected chi connectivity index (χ0v) is 12.8. The van der Waals surface area contributed by atoms with Crippen molar-refractivity contribution in [3.63, 3.8) is 0 Å². The molecule has 1 amide bonds. The minimum Gasteiger partial charge on any atom is -0.337 e. The average molecular weight is 279 g/mol. The zero-order chi connectivity index (χ0) is 14.1. The molecule has 2 N–H and O–H groups in total. The highest BCUT2D eigenvalue weighted by Crippen LogP contribution is 2.29. The van der Waals surface area contributed by atoms with Gasteiger partial charge < -0.3 is 10.6 Å². The van der Waals surface area contributed by atoms with Crippen molar-refractivity contribution in [3.8, 4) is 0 Å². The summed E-state index contributed by atoms with van der Waals surface area (Å²) in [6.45, 7) is 5.41. The number of fused-ring (bicyclic) bond motifs is 1. The molecule has 2 heterocycles. The SMILES string of the molecule is CC1CN2CCCC2CN1C(=O)C1CCCCCC1N. The van der Waals surface area contributed by atoms with E-state index < -0.39 is 0 Å². The van der Waals surface area contributed by atoms with Crippen molar-refractivity contribution in [3.05, 3.63) is 0 Å². The van der Waals surface area contributed by atoms with Crippen LogP contribution in [0.4, 0.5) is 0 Å². The molecule has 20 heavy (non-hydrogen) atoms. The monoisotopic (exact) mass is 279 g/mol. The summed E-state index contributed by atoms with van der Waals surface area (Å²) in [7, 11) is 0. The van der Waals surface area contributed by atoms with Gasteiger partial charge in [-0.3, -0.25) is 9.69 Å². The summed E-state index contributed by atoms with van der Waals surface area (Å²) in [5.41, 5.74) is 6.28. The van der Waals surface area contributed by atoms with Gasteiger partial charge in [0.05, 0.1) is 5.92 Å². The van der Waals surface area contributed by atoms with Gasteiger partial charge in [0, 0.05) is 31.2 Å². The van der Waals surface area contributed by atoms with E-state index in [4.69, 9.17) is 5.73 Å². The predicted molar refractivity (Wildman–Crippen MR) is 80.3 cm³/mol. The van der Waals surface area contributed by atoms with E-state index in [1.165, 1.54) is 38.6 Å². The highest BCUT2D eigenvalue weighted by atomic mass is 16.2. The lowest BCUT2D eigenvalue weighted by Gasteiger charge is -2.44. The maximum atomic E-state index is 12.9. The molecule has 3 aliphatic rings. The van der Waals surface area contributed by atoms with Crippen LogP contribution in [0.3, 0.4) is 0 Å². The first-order valence-electron chi connectivity index (χ1n) is 8.47. The second-order valence-electron chi connectivity index (χ2n) is 7.04. The topological polar surface area (TPSA) is 49.6 Å². The maximum Gasteiger partial charge on any atom is 0.227 e.